The Morgan fingerprint density at radius 2 is 1.68 bits per heavy atom. The largest absolute Gasteiger partial charge is 0.220 e. The standard InChI is InChI=1S/C15H12FN3/c16-13-6-8-15(9-7-13)19-11-14(17-18-19)10-12-4-2-1-3-5-12/h1-9,11H,10H2. The molecule has 0 spiro atoms. The van der Waals surface area contributed by atoms with Crippen molar-refractivity contribution in [3.8, 4) is 5.69 Å². The predicted octanol–water partition coefficient (Wildman–Crippen LogP) is 3.00. The Bertz CT molecular complexity index is 659. The van der Waals surface area contributed by atoms with Crippen LogP contribution in [0.15, 0.2) is 60.8 Å². The molecule has 1 aromatic heterocycles. The minimum Gasteiger partial charge on any atom is -0.220 e. The van der Waals surface area contributed by atoms with Crippen LogP contribution in [0.1, 0.15) is 11.3 Å². The summed E-state index contributed by atoms with van der Waals surface area (Å²) in [5.74, 6) is -0.256. The number of hydrogen-bond donors (Lipinski definition) is 0. The molecule has 94 valence electrons. The molecule has 0 unspecified atom stereocenters. The molecule has 0 aliphatic rings. The molecule has 0 fully saturated rings. The minimum atomic E-state index is -0.256. The van der Waals surface area contributed by atoms with Crippen LogP contribution in [0.3, 0.4) is 0 Å². The lowest BCUT2D eigenvalue weighted by molar-refractivity contribution is 0.626. The highest BCUT2D eigenvalue weighted by Gasteiger charge is 2.04. The molecule has 3 nitrogen and oxygen atoms in total. The number of hydrogen-bond acceptors (Lipinski definition) is 2. The van der Waals surface area contributed by atoms with Gasteiger partial charge in [0.15, 0.2) is 0 Å². The van der Waals surface area contributed by atoms with Crippen LogP contribution in [0, 0.1) is 5.82 Å². The van der Waals surface area contributed by atoms with Crippen LogP contribution >= 0.6 is 0 Å². The second-order valence-corrected chi connectivity index (χ2v) is 4.29. The van der Waals surface area contributed by atoms with Crippen molar-refractivity contribution < 1.29 is 4.39 Å². The minimum absolute atomic E-state index is 0.256. The van der Waals surface area contributed by atoms with Crippen molar-refractivity contribution in [2.24, 2.45) is 0 Å². The van der Waals surface area contributed by atoms with E-state index in [1.54, 1.807) is 16.8 Å². The van der Waals surface area contributed by atoms with E-state index in [1.807, 2.05) is 24.4 Å². The Balaban J connectivity index is 1.82. The summed E-state index contributed by atoms with van der Waals surface area (Å²) in [5.41, 5.74) is 2.87. The van der Waals surface area contributed by atoms with Crippen molar-refractivity contribution in [2.45, 2.75) is 6.42 Å². The molecular formula is C15H12FN3. The molecule has 19 heavy (non-hydrogen) atoms. The first-order chi connectivity index (χ1) is 9.31. The van der Waals surface area contributed by atoms with E-state index in [2.05, 4.69) is 22.4 Å². The highest BCUT2D eigenvalue weighted by Crippen LogP contribution is 2.10. The molecule has 4 heteroatoms. The molecule has 0 saturated heterocycles. The van der Waals surface area contributed by atoms with Crippen LogP contribution in [-0.4, -0.2) is 15.0 Å². The molecule has 0 atom stereocenters. The third-order valence-electron chi connectivity index (χ3n) is 2.86. The van der Waals surface area contributed by atoms with E-state index in [9.17, 15) is 4.39 Å². The van der Waals surface area contributed by atoms with Crippen LogP contribution in [0.25, 0.3) is 5.69 Å². The Morgan fingerprint density at radius 3 is 2.42 bits per heavy atom. The maximum Gasteiger partial charge on any atom is 0.123 e. The number of aromatic nitrogens is 3. The average molecular weight is 253 g/mol. The zero-order valence-corrected chi connectivity index (χ0v) is 10.2. The summed E-state index contributed by atoms with van der Waals surface area (Å²) in [5, 5.41) is 8.19. The van der Waals surface area contributed by atoms with Gasteiger partial charge in [-0.2, -0.15) is 0 Å². The summed E-state index contributed by atoms with van der Waals surface area (Å²) in [6.45, 7) is 0. The van der Waals surface area contributed by atoms with Gasteiger partial charge in [-0.05, 0) is 29.8 Å². The molecule has 0 amide bonds. The van der Waals surface area contributed by atoms with E-state index >= 15 is 0 Å². The third-order valence-corrected chi connectivity index (χ3v) is 2.86. The fourth-order valence-corrected chi connectivity index (χ4v) is 1.90. The normalized spacial score (nSPS) is 10.6. The molecule has 2 aromatic carbocycles. The molecule has 0 radical (unpaired) electrons. The van der Waals surface area contributed by atoms with Gasteiger partial charge in [0.05, 0.1) is 17.6 Å². The zero-order valence-electron chi connectivity index (χ0n) is 10.2. The van der Waals surface area contributed by atoms with Gasteiger partial charge >= 0.3 is 0 Å². The summed E-state index contributed by atoms with van der Waals surface area (Å²) >= 11 is 0. The number of benzene rings is 2. The predicted molar refractivity (Wildman–Crippen MR) is 70.6 cm³/mol. The lowest BCUT2D eigenvalue weighted by Gasteiger charge is -1.98. The Kier molecular flexibility index (Phi) is 3.06. The van der Waals surface area contributed by atoms with Crippen LogP contribution < -0.4 is 0 Å². The van der Waals surface area contributed by atoms with Gasteiger partial charge in [0, 0.05) is 6.42 Å². The molecule has 0 aliphatic heterocycles. The van der Waals surface area contributed by atoms with Gasteiger partial charge in [-0.3, -0.25) is 0 Å². The van der Waals surface area contributed by atoms with Crippen molar-refractivity contribution in [1.29, 1.82) is 0 Å². The van der Waals surface area contributed by atoms with E-state index in [0.717, 1.165) is 17.8 Å². The highest BCUT2D eigenvalue weighted by atomic mass is 19.1. The van der Waals surface area contributed by atoms with Crippen LogP contribution in [0.5, 0.6) is 0 Å². The van der Waals surface area contributed by atoms with Gasteiger partial charge in [-0.25, -0.2) is 9.07 Å². The van der Waals surface area contributed by atoms with E-state index in [4.69, 9.17) is 0 Å². The van der Waals surface area contributed by atoms with Crippen molar-refractivity contribution in [1.82, 2.24) is 15.0 Å². The third kappa shape index (κ3) is 2.68. The lowest BCUT2D eigenvalue weighted by Crippen LogP contribution is -1.94. The van der Waals surface area contributed by atoms with Crippen molar-refractivity contribution in [2.75, 3.05) is 0 Å². The van der Waals surface area contributed by atoms with Gasteiger partial charge in [-0.15, -0.1) is 5.10 Å². The van der Waals surface area contributed by atoms with Crippen LogP contribution in [0.4, 0.5) is 4.39 Å². The summed E-state index contributed by atoms with van der Waals surface area (Å²) in [4.78, 5) is 0. The summed E-state index contributed by atoms with van der Waals surface area (Å²) < 4.78 is 14.5. The van der Waals surface area contributed by atoms with Crippen LogP contribution in [-0.2, 0) is 6.42 Å². The molecule has 0 bridgehead atoms. The quantitative estimate of drug-likeness (QED) is 0.718. The zero-order chi connectivity index (χ0) is 13.1. The molecular weight excluding hydrogens is 241 g/mol. The Labute approximate surface area is 110 Å². The van der Waals surface area contributed by atoms with Crippen molar-refractivity contribution in [3.63, 3.8) is 0 Å². The molecule has 3 rings (SSSR count). The van der Waals surface area contributed by atoms with Gasteiger partial charge < -0.3 is 0 Å². The van der Waals surface area contributed by atoms with Gasteiger partial charge in [0.25, 0.3) is 0 Å². The smallest absolute Gasteiger partial charge is 0.123 e. The lowest BCUT2D eigenvalue weighted by atomic mass is 10.1. The molecule has 0 N–H and O–H groups in total. The SMILES string of the molecule is Fc1ccc(-n2cc(Cc3ccccc3)nn2)cc1. The number of halogens is 1. The van der Waals surface area contributed by atoms with E-state index < -0.39 is 0 Å². The first kappa shape index (κ1) is 11.6. The molecule has 3 aromatic rings. The second kappa shape index (κ2) is 5.02. The summed E-state index contributed by atoms with van der Waals surface area (Å²) in [7, 11) is 0. The monoisotopic (exact) mass is 253 g/mol. The molecule has 0 aliphatic carbocycles. The number of nitrogens with zero attached hydrogens (tertiary/aromatic N) is 3. The molecule has 1 heterocycles. The first-order valence-electron chi connectivity index (χ1n) is 6.02. The van der Waals surface area contributed by atoms with Crippen molar-refractivity contribution >= 4 is 0 Å². The van der Waals surface area contributed by atoms with Gasteiger partial charge in [0.2, 0.25) is 0 Å². The van der Waals surface area contributed by atoms with E-state index in [-0.39, 0.29) is 5.82 Å². The second-order valence-electron chi connectivity index (χ2n) is 4.29. The van der Waals surface area contributed by atoms with Gasteiger partial charge in [-0.1, -0.05) is 35.5 Å². The number of rotatable bonds is 3. The topological polar surface area (TPSA) is 30.7 Å². The van der Waals surface area contributed by atoms with E-state index in [0.29, 0.717) is 0 Å². The maximum absolute atomic E-state index is 12.8. The molecule has 0 saturated carbocycles. The maximum atomic E-state index is 12.8. The highest BCUT2D eigenvalue weighted by molar-refractivity contribution is 5.31. The van der Waals surface area contributed by atoms with Crippen molar-refractivity contribution in [3.05, 3.63) is 77.9 Å². The Morgan fingerprint density at radius 1 is 0.947 bits per heavy atom. The summed E-state index contributed by atoms with van der Waals surface area (Å²) in [6.07, 6.45) is 2.60. The fourth-order valence-electron chi connectivity index (χ4n) is 1.90. The van der Waals surface area contributed by atoms with Crippen LogP contribution in [0.2, 0.25) is 0 Å². The van der Waals surface area contributed by atoms with E-state index in [1.165, 1.54) is 17.7 Å². The average Bonchev–Trinajstić information content (AvgIpc) is 2.89. The first-order valence-corrected chi connectivity index (χ1v) is 6.02. The Hall–Kier alpha value is -2.49. The van der Waals surface area contributed by atoms with Gasteiger partial charge in [0.1, 0.15) is 5.82 Å². The summed E-state index contributed by atoms with van der Waals surface area (Å²) in [6, 6.07) is 16.3. The fraction of sp³-hybridized carbons (Fsp3) is 0.0667.